The Bertz CT molecular complexity index is 291. The van der Waals surface area contributed by atoms with Gasteiger partial charge < -0.3 is 35.4 Å². The molecule has 0 spiro atoms. The van der Waals surface area contributed by atoms with Crippen LogP contribution in [0.2, 0.25) is 0 Å². The summed E-state index contributed by atoms with van der Waals surface area (Å²) in [5.41, 5.74) is 0. The van der Waals surface area contributed by atoms with E-state index in [1.54, 1.807) is 0 Å². The van der Waals surface area contributed by atoms with Gasteiger partial charge in [-0.25, -0.2) is 4.79 Å². The van der Waals surface area contributed by atoms with Crippen LogP contribution in [-0.2, 0) is 9.53 Å². The molecule has 114 valence electrons. The van der Waals surface area contributed by atoms with Crippen molar-refractivity contribution in [2.75, 3.05) is 6.61 Å². The molecule has 1 saturated heterocycles. The molecule has 1 aliphatic rings. The summed E-state index contributed by atoms with van der Waals surface area (Å²) in [6.45, 7) is -0.526. The summed E-state index contributed by atoms with van der Waals surface area (Å²) < 4.78 is 36.3. The van der Waals surface area contributed by atoms with Gasteiger partial charge in [0, 0.05) is 0 Å². The third-order valence-electron chi connectivity index (χ3n) is 2.11. The molecule has 11 heteroatoms. The van der Waals surface area contributed by atoms with Crippen LogP contribution in [0.4, 0.5) is 13.2 Å². The number of aliphatic hydroxyl groups is 5. The molecule has 6 N–H and O–H groups in total. The first-order chi connectivity index (χ1) is 8.52. The van der Waals surface area contributed by atoms with Gasteiger partial charge in [-0.05, 0) is 0 Å². The summed E-state index contributed by atoms with van der Waals surface area (Å²) in [5, 5.41) is 51.8. The number of alkyl halides is 3. The van der Waals surface area contributed by atoms with Gasteiger partial charge in [0.2, 0.25) is 0 Å². The number of carboxylic acid groups (broad SMARTS) is 1. The van der Waals surface area contributed by atoms with E-state index in [0.29, 0.717) is 0 Å². The first-order valence-corrected chi connectivity index (χ1v) is 4.81. The van der Waals surface area contributed by atoms with Crippen molar-refractivity contribution < 1.29 is 53.3 Å². The van der Waals surface area contributed by atoms with Gasteiger partial charge in [0.05, 0.1) is 6.61 Å². The highest BCUT2D eigenvalue weighted by Gasteiger charge is 2.42. The Morgan fingerprint density at radius 1 is 1.05 bits per heavy atom. The monoisotopic (exact) mass is 294 g/mol. The van der Waals surface area contributed by atoms with E-state index in [1.807, 2.05) is 0 Å². The van der Waals surface area contributed by atoms with E-state index in [-0.39, 0.29) is 0 Å². The molecular weight excluding hydrogens is 281 g/mol. The number of rotatable bonds is 1. The smallest absolute Gasteiger partial charge is 0.475 e. The van der Waals surface area contributed by atoms with Crippen LogP contribution in [0.5, 0.6) is 0 Å². The first kappa shape index (κ1) is 18.0. The molecule has 8 nitrogen and oxygen atoms in total. The zero-order valence-corrected chi connectivity index (χ0v) is 9.23. The molecule has 1 rings (SSSR count). The average Bonchev–Trinajstić information content (AvgIpc) is 2.30. The van der Waals surface area contributed by atoms with Crippen LogP contribution < -0.4 is 0 Å². The van der Waals surface area contributed by atoms with Crippen LogP contribution in [0.1, 0.15) is 0 Å². The van der Waals surface area contributed by atoms with Crippen molar-refractivity contribution in [3.8, 4) is 0 Å². The van der Waals surface area contributed by atoms with Gasteiger partial charge in [0.25, 0.3) is 0 Å². The van der Waals surface area contributed by atoms with E-state index < -0.39 is 49.5 Å². The number of aliphatic hydroxyl groups excluding tert-OH is 5. The lowest BCUT2D eigenvalue weighted by atomic mass is 10.00. The summed E-state index contributed by atoms with van der Waals surface area (Å²) in [5.74, 6) is -2.76. The van der Waals surface area contributed by atoms with Crippen molar-refractivity contribution in [3.63, 3.8) is 0 Å². The van der Waals surface area contributed by atoms with Gasteiger partial charge in [-0.15, -0.1) is 0 Å². The Balaban J connectivity index is 0.000000399. The Morgan fingerprint density at radius 2 is 1.47 bits per heavy atom. The third-order valence-corrected chi connectivity index (χ3v) is 2.11. The predicted molar refractivity (Wildman–Crippen MR) is 49.7 cm³/mol. The first-order valence-electron chi connectivity index (χ1n) is 4.81. The maximum absolute atomic E-state index is 10.6. The van der Waals surface area contributed by atoms with Crippen molar-refractivity contribution in [1.29, 1.82) is 0 Å². The summed E-state index contributed by atoms with van der Waals surface area (Å²) in [6, 6.07) is 0. The number of aliphatic carboxylic acids is 1. The zero-order valence-electron chi connectivity index (χ0n) is 9.23. The molecule has 1 aliphatic heterocycles. The topological polar surface area (TPSA) is 148 Å². The van der Waals surface area contributed by atoms with E-state index in [4.69, 9.17) is 35.4 Å². The molecule has 0 bridgehead atoms. The number of hydrogen-bond donors (Lipinski definition) is 6. The molecule has 0 aromatic carbocycles. The summed E-state index contributed by atoms with van der Waals surface area (Å²) in [6.07, 6.45) is -12.1. The van der Waals surface area contributed by atoms with E-state index in [9.17, 15) is 13.2 Å². The highest BCUT2D eigenvalue weighted by molar-refractivity contribution is 5.73. The molecule has 0 aromatic heterocycles. The van der Waals surface area contributed by atoms with Gasteiger partial charge >= 0.3 is 12.1 Å². The molecule has 5 atom stereocenters. The van der Waals surface area contributed by atoms with Gasteiger partial charge in [-0.1, -0.05) is 0 Å². The lowest BCUT2D eigenvalue weighted by Gasteiger charge is -2.37. The largest absolute Gasteiger partial charge is 0.490 e. The van der Waals surface area contributed by atoms with Crippen molar-refractivity contribution in [2.45, 2.75) is 36.9 Å². The second-order valence-electron chi connectivity index (χ2n) is 3.52. The Hall–Kier alpha value is -0.980. The van der Waals surface area contributed by atoms with Crippen LogP contribution in [0.3, 0.4) is 0 Å². The van der Waals surface area contributed by atoms with Crippen molar-refractivity contribution in [1.82, 2.24) is 0 Å². The minimum atomic E-state index is -5.08. The number of carbonyl (C=O) groups is 1. The molecule has 1 heterocycles. The number of ether oxygens (including phenoxy) is 1. The van der Waals surface area contributed by atoms with Crippen LogP contribution in [0.25, 0.3) is 0 Å². The zero-order chi connectivity index (χ0) is 15.4. The standard InChI is InChI=1S/C6H12O6.C2HF3O2/c7-1-2-3(8)4(9)5(10)6(11)12-2;3-2(4,5)1(6)7/h2-11H,1H2;(H,6,7)/t2-,3-,4+,5-,6-;/m1./s1. The van der Waals surface area contributed by atoms with Gasteiger partial charge in [-0.2, -0.15) is 13.2 Å². The lowest BCUT2D eigenvalue weighted by molar-refractivity contribution is -0.286. The summed E-state index contributed by atoms with van der Waals surface area (Å²) >= 11 is 0. The molecule has 0 radical (unpaired) electrons. The van der Waals surface area contributed by atoms with Gasteiger partial charge in [0.1, 0.15) is 24.4 Å². The van der Waals surface area contributed by atoms with Crippen molar-refractivity contribution >= 4 is 5.97 Å². The van der Waals surface area contributed by atoms with Crippen molar-refractivity contribution in [3.05, 3.63) is 0 Å². The number of halogens is 3. The van der Waals surface area contributed by atoms with E-state index in [0.717, 1.165) is 0 Å². The summed E-state index contributed by atoms with van der Waals surface area (Å²) in [4.78, 5) is 8.90. The number of carboxylic acids is 1. The fourth-order valence-electron chi connectivity index (χ4n) is 1.08. The summed E-state index contributed by atoms with van der Waals surface area (Å²) in [7, 11) is 0. The molecule has 1 fully saturated rings. The highest BCUT2D eigenvalue weighted by Crippen LogP contribution is 2.19. The van der Waals surface area contributed by atoms with E-state index in [1.165, 1.54) is 0 Å². The molecule has 0 saturated carbocycles. The molecule has 0 amide bonds. The maximum Gasteiger partial charge on any atom is 0.490 e. The molecule has 0 aromatic rings. The lowest BCUT2D eigenvalue weighted by Crippen LogP contribution is -2.58. The Labute approximate surface area is 104 Å². The van der Waals surface area contributed by atoms with Gasteiger partial charge in [-0.3, -0.25) is 0 Å². The van der Waals surface area contributed by atoms with Crippen LogP contribution >= 0.6 is 0 Å². The van der Waals surface area contributed by atoms with Crippen LogP contribution in [0, 0.1) is 0 Å². The molecular formula is C8H13F3O8. The van der Waals surface area contributed by atoms with Crippen LogP contribution in [0.15, 0.2) is 0 Å². The van der Waals surface area contributed by atoms with E-state index in [2.05, 4.69) is 4.74 Å². The minimum absolute atomic E-state index is 0.526. The predicted octanol–water partition coefficient (Wildman–Crippen LogP) is -2.59. The fourth-order valence-corrected chi connectivity index (χ4v) is 1.08. The second kappa shape index (κ2) is 6.98. The van der Waals surface area contributed by atoms with Crippen molar-refractivity contribution in [2.24, 2.45) is 0 Å². The average molecular weight is 294 g/mol. The molecule has 19 heavy (non-hydrogen) atoms. The SMILES string of the molecule is O=C(O)C(F)(F)F.OC[C@H]1O[C@@H](O)[C@H](O)[C@@H](O)[C@@H]1O. The normalized spacial score (nSPS) is 35.3. The van der Waals surface area contributed by atoms with E-state index >= 15 is 0 Å². The van der Waals surface area contributed by atoms with Crippen LogP contribution in [-0.4, -0.2) is 80.1 Å². The highest BCUT2D eigenvalue weighted by atomic mass is 19.4. The molecule has 0 unspecified atom stereocenters. The Kier molecular flexibility index (Phi) is 6.62. The maximum atomic E-state index is 10.6. The Morgan fingerprint density at radius 3 is 1.79 bits per heavy atom. The quantitative estimate of drug-likeness (QED) is 0.309. The second-order valence-corrected chi connectivity index (χ2v) is 3.52. The molecule has 0 aliphatic carbocycles. The van der Waals surface area contributed by atoms with Gasteiger partial charge in [0.15, 0.2) is 6.29 Å². The minimum Gasteiger partial charge on any atom is -0.475 e. The third kappa shape index (κ3) is 5.26. The number of hydrogen-bond acceptors (Lipinski definition) is 7. The fraction of sp³-hybridized carbons (Fsp3) is 0.875.